The minimum absolute atomic E-state index is 0.00284. The molecule has 0 aromatic heterocycles. The van der Waals surface area contributed by atoms with E-state index in [1.807, 2.05) is 25.1 Å². The van der Waals surface area contributed by atoms with Crippen LogP contribution in [0.25, 0.3) is 0 Å². The lowest BCUT2D eigenvalue weighted by atomic mass is 10.1. The summed E-state index contributed by atoms with van der Waals surface area (Å²) >= 11 is 3.38. The van der Waals surface area contributed by atoms with Gasteiger partial charge in [0.15, 0.2) is 0 Å². The van der Waals surface area contributed by atoms with Crippen molar-refractivity contribution in [3.05, 3.63) is 28.2 Å². The number of nitrogens with one attached hydrogen (secondary N) is 2. The van der Waals surface area contributed by atoms with Gasteiger partial charge in [0.1, 0.15) is 0 Å². The fraction of sp³-hybridized carbons (Fsp3) is 0.500. The summed E-state index contributed by atoms with van der Waals surface area (Å²) in [5, 5.41) is 5.43. The number of carbonyl (C=O) groups is 2. The molecule has 4 N–H and O–H groups in total. The van der Waals surface area contributed by atoms with E-state index in [1.54, 1.807) is 0 Å². The van der Waals surface area contributed by atoms with Crippen molar-refractivity contribution in [1.29, 1.82) is 0 Å². The molecule has 0 spiro atoms. The molecule has 0 saturated heterocycles. The van der Waals surface area contributed by atoms with Crippen molar-refractivity contribution < 1.29 is 9.59 Å². The molecule has 122 valence electrons. The molecule has 6 heteroatoms. The largest absolute Gasteiger partial charge is 0.347 e. The smallest absolute Gasteiger partial charge is 0.243 e. The lowest BCUT2D eigenvalue weighted by Crippen LogP contribution is -2.32. The van der Waals surface area contributed by atoms with Gasteiger partial charge in [0.25, 0.3) is 0 Å². The number of halogens is 1. The van der Waals surface area contributed by atoms with Gasteiger partial charge in [-0.1, -0.05) is 28.8 Å². The first-order valence-electron chi connectivity index (χ1n) is 7.55. The Hall–Kier alpha value is -1.40. The van der Waals surface area contributed by atoms with Crippen molar-refractivity contribution in [3.63, 3.8) is 0 Å². The summed E-state index contributed by atoms with van der Waals surface area (Å²) in [5.74, 6) is -0.308. The molecule has 2 amide bonds. The fourth-order valence-electron chi connectivity index (χ4n) is 2.01. The second-order valence-corrected chi connectivity index (χ2v) is 6.15. The van der Waals surface area contributed by atoms with Crippen molar-refractivity contribution in [2.75, 3.05) is 18.4 Å². The molecule has 0 heterocycles. The van der Waals surface area contributed by atoms with Crippen molar-refractivity contribution in [2.45, 2.75) is 39.0 Å². The summed E-state index contributed by atoms with van der Waals surface area (Å²) in [5.41, 5.74) is 7.13. The molecule has 0 aliphatic rings. The number of rotatable bonds is 9. The van der Waals surface area contributed by atoms with Gasteiger partial charge in [-0.2, -0.15) is 0 Å². The number of benzene rings is 1. The third-order valence-corrected chi connectivity index (χ3v) is 3.76. The number of aryl methyl sites for hydroxylation is 1. The average molecular weight is 370 g/mol. The highest BCUT2D eigenvalue weighted by molar-refractivity contribution is 9.10. The van der Waals surface area contributed by atoms with Crippen LogP contribution in [0.5, 0.6) is 0 Å². The van der Waals surface area contributed by atoms with Crippen LogP contribution in [0.15, 0.2) is 22.7 Å². The zero-order valence-electron chi connectivity index (χ0n) is 13.0. The van der Waals surface area contributed by atoms with Gasteiger partial charge in [0.05, 0.1) is 6.54 Å². The Morgan fingerprint density at radius 2 is 1.86 bits per heavy atom. The SMILES string of the molecule is Cc1cc(Br)ccc1NC(=O)CNC(=O)CCCCCCN. The summed E-state index contributed by atoms with van der Waals surface area (Å²) in [6.45, 7) is 2.61. The Labute approximate surface area is 140 Å². The van der Waals surface area contributed by atoms with E-state index in [0.29, 0.717) is 13.0 Å². The summed E-state index contributed by atoms with van der Waals surface area (Å²) in [6.07, 6.45) is 4.33. The predicted octanol–water partition coefficient (Wildman–Crippen LogP) is 2.72. The minimum Gasteiger partial charge on any atom is -0.347 e. The first kappa shape index (κ1) is 18.6. The molecular weight excluding hydrogens is 346 g/mol. The van der Waals surface area contributed by atoms with E-state index in [0.717, 1.165) is 41.4 Å². The Balaban J connectivity index is 2.23. The molecule has 0 aliphatic heterocycles. The summed E-state index contributed by atoms with van der Waals surface area (Å²) in [7, 11) is 0. The van der Waals surface area contributed by atoms with E-state index in [-0.39, 0.29) is 18.4 Å². The van der Waals surface area contributed by atoms with Gasteiger partial charge in [-0.3, -0.25) is 9.59 Å². The van der Waals surface area contributed by atoms with Crippen LogP contribution >= 0.6 is 15.9 Å². The first-order valence-corrected chi connectivity index (χ1v) is 8.35. The lowest BCUT2D eigenvalue weighted by molar-refractivity contribution is -0.124. The molecule has 0 aliphatic carbocycles. The van der Waals surface area contributed by atoms with Crippen molar-refractivity contribution in [3.8, 4) is 0 Å². The maximum Gasteiger partial charge on any atom is 0.243 e. The summed E-state index contributed by atoms with van der Waals surface area (Å²) < 4.78 is 0.964. The lowest BCUT2D eigenvalue weighted by Gasteiger charge is -2.09. The van der Waals surface area contributed by atoms with Crippen LogP contribution < -0.4 is 16.4 Å². The highest BCUT2D eigenvalue weighted by Crippen LogP contribution is 2.19. The van der Waals surface area contributed by atoms with Crippen LogP contribution in [0.2, 0.25) is 0 Å². The third-order valence-electron chi connectivity index (χ3n) is 3.27. The molecule has 0 atom stereocenters. The Morgan fingerprint density at radius 3 is 2.55 bits per heavy atom. The number of amides is 2. The molecule has 22 heavy (non-hydrogen) atoms. The van der Waals surface area contributed by atoms with E-state index >= 15 is 0 Å². The van der Waals surface area contributed by atoms with Gasteiger partial charge in [-0.25, -0.2) is 0 Å². The number of hydrogen-bond donors (Lipinski definition) is 3. The predicted molar refractivity (Wildman–Crippen MR) is 92.7 cm³/mol. The quantitative estimate of drug-likeness (QED) is 0.585. The number of nitrogens with two attached hydrogens (primary N) is 1. The normalized spacial score (nSPS) is 10.3. The standard InChI is InChI=1S/C16H24BrN3O2/c1-12-10-13(17)7-8-14(12)20-16(22)11-19-15(21)6-4-2-3-5-9-18/h7-8,10H,2-6,9,11,18H2,1H3,(H,19,21)(H,20,22). The molecule has 1 aromatic rings. The molecule has 0 unspecified atom stereocenters. The van der Waals surface area contributed by atoms with Crippen LogP contribution in [-0.4, -0.2) is 24.9 Å². The average Bonchev–Trinajstić information content (AvgIpc) is 2.48. The number of unbranched alkanes of at least 4 members (excludes halogenated alkanes) is 3. The third kappa shape index (κ3) is 7.56. The van der Waals surface area contributed by atoms with Gasteiger partial charge in [0, 0.05) is 16.6 Å². The topological polar surface area (TPSA) is 84.2 Å². The maximum atomic E-state index is 11.8. The summed E-state index contributed by atoms with van der Waals surface area (Å²) in [6, 6.07) is 5.62. The van der Waals surface area contributed by atoms with E-state index in [4.69, 9.17) is 5.73 Å². The highest BCUT2D eigenvalue weighted by atomic mass is 79.9. The Kier molecular flexibility index (Phi) is 8.77. The molecule has 0 fully saturated rings. The number of hydrogen-bond acceptors (Lipinski definition) is 3. The zero-order chi connectivity index (χ0) is 16.4. The zero-order valence-corrected chi connectivity index (χ0v) is 14.5. The maximum absolute atomic E-state index is 11.8. The van der Waals surface area contributed by atoms with Gasteiger partial charge < -0.3 is 16.4 Å². The van der Waals surface area contributed by atoms with Gasteiger partial charge in [-0.05, 0) is 50.1 Å². The molecule has 1 rings (SSSR count). The van der Waals surface area contributed by atoms with Crippen LogP contribution in [-0.2, 0) is 9.59 Å². The second-order valence-electron chi connectivity index (χ2n) is 5.24. The monoisotopic (exact) mass is 369 g/mol. The Morgan fingerprint density at radius 1 is 1.14 bits per heavy atom. The van der Waals surface area contributed by atoms with E-state index in [1.165, 1.54) is 0 Å². The molecule has 0 radical (unpaired) electrons. The van der Waals surface area contributed by atoms with Gasteiger partial charge >= 0.3 is 0 Å². The molecule has 0 saturated carbocycles. The summed E-state index contributed by atoms with van der Waals surface area (Å²) in [4.78, 5) is 23.4. The minimum atomic E-state index is -0.220. The van der Waals surface area contributed by atoms with Crippen LogP contribution in [0, 0.1) is 6.92 Å². The van der Waals surface area contributed by atoms with E-state index in [9.17, 15) is 9.59 Å². The molecule has 0 bridgehead atoms. The fourth-order valence-corrected chi connectivity index (χ4v) is 2.49. The number of carbonyl (C=O) groups excluding carboxylic acids is 2. The van der Waals surface area contributed by atoms with E-state index < -0.39 is 0 Å². The Bertz CT molecular complexity index is 506. The van der Waals surface area contributed by atoms with Crippen molar-refractivity contribution in [1.82, 2.24) is 5.32 Å². The van der Waals surface area contributed by atoms with Crippen LogP contribution in [0.1, 0.15) is 37.7 Å². The molecular formula is C16H24BrN3O2. The molecule has 1 aromatic carbocycles. The van der Waals surface area contributed by atoms with Crippen molar-refractivity contribution in [2.24, 2.45) is 5.73 Å². The molecule has 5 nitrogen and oxygen atoms in total. The number of anilines is 1. The van der Waals surface area contributed by atoms with Crippen LogP contribution in [0.3, 0.4) is 0 Å². The van der Waals surface area contributed by atoms with Crippen molar-refractivity contribution >= 4 is 33.4 Å². The van der Waals surface area contributed by atoms with Crippen LogP contribution in [0.4, 0.5) is 5.69 Å². The highest BCUT2D eigenvalue weighted by Gasteiger charge is 2.07. The van der Waals surface area contributed by atoms with E-state index in [2.05, 4.69) is 26.6 Å². The second kappa shape index (κ2) is 10.3. The first-order chi connectivity index (χ1) is 10.5. The van der Waals surface area contributed by atoms with Gasteiger partial charge in [-0.15, -0.1) is 0 Å². The van der Waals surface area contributed by atoms with Gasteiger partial charge in [0.2, 0.25) is 11.8 Å².